The van der Waals surface area contributed by atoms with E-state index in [0.29, 0.717) is 37.7 Å². The molecule has 1 aliphatic rings. The molecule has 2 aromatic rings. The average Bonchev–Trinajstić information content (AvgIpc) is 2.79. The molecule has 3 rings (SSSR count). The van der Waals surface area contributed by atoms with Crippen LogP contribution in [0.3, 0.4) is 0 Å². The van der Waals surface area contributed by atoms with Gasteiger partial charge in [-0.3, -0.25) is 9.36 Å². The van der Waals surface area contributed by atoms with E-state index in [4.69, 9.17) is 19.2 Å². The average molecular weight is 430 g/mol. The van der Waals surface area contributed by atoms with E-state index in [9.17, 15) is 4.79 Å². The van der Waals surface area contributed by atoms with Crippen LogP contribution in [0.4, 0.5) is 5.69 Å². The first-order chi connectivity index (χ1) is 15.1. The van der Waals surface area contributed by atoms with E-state index < -0.39 is 0 Å². The topological polar surface area (TPSA) is 74.6 Å². The summed E-state index contributed by atoms with van der Waals surface area (Å²) in [7, 11) is 4.96. The Balaban J connectivity index is 2.15. The number of hydrogen-bond donors (Lipinski definition) is 1. The van der Waals surface area contributed by atoms with Crippen molar-refractivity contribution in [1.29, 1.82) is 0 Å². The fraction of sp³-hybridized carbons (Fsp3) is 0.583. The van der Waals surface area contributed by atoms with Gasteiger partial charge in [-0.15, -0.1) is 0 Å². The van der Waals surface area contributed by atoms with Gasteiger partial charge in [0.25, 0.3) is 5.56 Å². The van der Waals surface area contributed by atoms with Gasteiger partial charge in [-0.25, -0.2) is 4.98 Å². The molecule has 1 heterocycles. The van der Waals surface area contributed by atoms with Crippen molar-refractivity contribution in [1.82, 2.24) is 9.55 Å². The Morgan fingerprint density at radius 1 is 1.06 bits per heavy atom. The molecule has 0 saturated carbocycles. The van der Waals surface area contributed by atoms with Crippen LogP contribution in [0.25, 0.3) is 11.4 Å². The summed E-state index contributed by atoms with van der Waals surface area (Å²) in [5.41, 5.74) is 4.73. The highest BCUT2D eigenvalue weighted by Gasteiger charge is 2.23. The largest absolute Gasteiger partial charge is 0.496 e. The molecule has 0 spiro atoms. The van der Waals surface area contributed by atoms with Gasteiger partial charge in [0.1, 0.15) is 17.3 Å². The summed E-state index contributed by atoms with van der Waals surface area (Å²) in [4.78, 5) is 18.5. The van der Waals surface area contributed by atoms with E-state index >= 15 is 0 Å². The summed E-state index contributed by atoms with van der Waals surface area (Å²) in [6, 6.07) is 4.16. The SMILES string of the molecule is CCc1nc(-c2cc3c(cc2OC)CCCC3)n(CC)c(=O)c1NC(COC)COC. The standard InChI is InChI=1S/C24H35N3O4/c1-6-20-22(25-18(14-29-3)15-30-4)24(28)27(7-2)23(26-20)19-12-16-10-8-9-11-17(16)13-21(19)31-5/h12-13,18,25H,6-11,14-15H2,1-5H3. The highest BCUT2D eigenvalue weighted by Crippen LogP contribution is 2.35. The lowest BCUT2D eigenvalue weighted by Crippen LogP contribution is -2.35. The smallest absolute Gasteiger partial charge is 0.277 e. The Hall–Kier alpha value is -2.38. The van der Waals surface area contributed by atoms with Crippen molar-refractivity contribution < 1.29 is 14.2 Å². The molecule has 0 unspecified atom stereocenters. The molecule has 7 nitrogen and oxygen atoms in total. The highest BCUT2D eigenvalue weighted by molar-refractivity contribution is 5.68. The van der Waals surface area contributed by atoms with Crippen molar-refractivity contribution in [3.63, 3.8) is 0 Å². The van der Waals surface area contributed by atoms with Gasteiger partial charge in [-0.2, -0.15) is 0 Å². The lowest BCUT2D eigenvalue weighted by molar-refractivity contribution is 0.126. The summed E-state index contributed by atoms with van der Waals surface area (Å²) in [6.07, 6.45) is 5.16. The predicted octanol–water partition coefficient (Wildman–Crippen LogP) is 3.45. The molecule has 31 heavy (non-hydrogen) atoms. The third-order valence-corrected chi connectivity index (χ3v) is 5.88. The third kappa shape index (κ3) is 4.93. The Labute approximate surface area is 184 Å². The molecule has 0 atom stereocenters. The van der Waals surface area contributed by atoms with E-state index in [0.717, 1.165) is 29.8 Å². The number of fused-ring (bicyclic) bond motifs is 1. The Bertz CT molecular complexity index is 949. The quantitative estimate of drug-likeness (QED) is 0.624. The summed E-state index contributed by atoms with van der Waals surface area (Å²) < 4.78 is 18.0. The molecule has 7 heteroatoms. The first kappa shape index (κ1) is 23.3. The second-order valence-electron chi connectivity index (χ2n) is 7.94. The minimum Gasteiger partial charge on any atom is -0.496 e. The van der Waals surface area contributed by atoms with Gasteiger partial charge in [0.2, 0.25) is 0 Å². The van der Waals surface area contributed by atoms with Gasteiger partial charge < -0.3 is 19.5 Å². The van der Waals surface area contributed by atoms with Crippen molar-refractivity contribution >= 4 is 5.69 Å². The minimum atomic E-state index is -0.135. The normalized spacial score (nSPS) is 13.4. The molecule has 170 valence electrons. The first-order valence-corrected chi connectivity index (χ1v) is 11.2. The number of aromatic nitrogens is 2. The zero-order valence-corrected chi connectivity index (χ0v) is 19.4. The molecule has 1 aliphatic carbocycles. The fourth-order valence-corrected chi connectivity index (χ4v) is 4.34. The highest BCUT2D eigenvalue weighted by atomic mass is 16.5. The van der Waals surface area contributed by atoms with Gasteiger partial charge in [0.15, 0.2) is 0 Å². The van der Waals surface area contributed by atoms with Crippen LogP contribution in [0.2, 0.25) is 0 Å². The van der Waals surface area contributed by atoms with Crippen molar-refractivity contribution in [2.75, 3.05) is 39.9 Å². The first-order valence-electron chi connectivity index (χ1n) is 11.2. The summed E-state index contributed by atoms with van der Waals surface area (Å²) in [5, 5.41) is 3.32. The predicted molar refractivity (Wildman–Crippen MR) is 123 cm³/mol. The van der Waals surface area contributed by atoms with E-state index in [1.165, 1.54) is 24.0 Å². The maximum Gasteiger partial charge on any atom is 0.277 e. The van der Waals surface area contributed by atoms with Crippen LogP contribution in [0.5, 0.6) is 5.75 Å². The lowest BCUT2D eigenvalue weighted by Gasteiger charge is -2.23. The van der Waals surface area contributed by atoms with Crippen molar-refractivity contribution in [3.8, 4) is 17.1 Å². The van der Waals surface area contributed by atoms with Crippen molar-refractivity contribution in [2.45, 2.75) is 58.5 Å². The minimum absolute atomic E-state index is 0.0821. The maximum atomic E-state index is 13.5. The van der Waals surface area contributed by atoms with E-state index in [1.807, 2.05) is 13.8 Å². The molecule has 0 saturated heterocycles. The van der Waals surface area contributed by atoms with E-state index in [1.54, 1.807) is 25.9 Å². The van der Waals surface area contributed by atoms with Gasteiger partial charge in [-0.1, -0.05) is 6.92 Å². The van der Waals surface area contributed by atoms with Crippen LogP contribution in [-0.2, 0) is 35.3 Å². The summed E-state index contributed by atoms with van der Waals surface area (Å²) in [5.74, 6) is 1.43. The number of nitrogens with one attached hydrogen (secondary N) is 1. The number of benzene rings is 1. The maximum absolute atomic E-state index is 13.5. The van der Waals surface area contributed by atoms with Crippen molar-refractivity contribution in [2.24, 2.45) is 0 Å². The van der Waals surface area contributed by atoms with Crippen LogP contribution in [0, 0.1) is 0 Å². The zero-order chi connectivity index (χ0) is 22.4. The molecule has 1 N–H and O–H groups in total. The Kier molecular flexibility index (Phi) is 8.09. The number of anilines is 1. The van der Waals surface area contributed by atoms with E-state index in [2.05, 4.69) is 17.4 Å². The molecule has 0 bridgehead atoms. The zero-order valence-electron chi connectivity index (χ0n) is 19.4. The summed E-state index contributed by atoms with van der Waals surface area (Å²) >= 11 is 0. The molecule has 1 aromatic heterocycles. The number of hydrogen-bond acceptors (Lipinski definition) is 6. The Morgan fingerprint density at radius 3 is 2.26 bits per heavy atom. The molecule has 1 aromatic carbocycles. The third-order valence-electron chi connectivity index (χ3n) is 5.88. The van der Waals surface area contributed by atoms with Crippen LogP contribution >= 0.6 is 0 Å². The lowest BCUT2D eigenvalue weighted by atomic mass is 9.89. The number of methoxy groups -OCH3 is 3. The van der Waals surface area contributed by atoms with Crippen LogP contribution < -0.4 is 15.6 Å². The number of nitrogens with zero attached hydrogens (tertiary/aromatic N) is 2. The van der Waals surface area contributed by atoms with Crippen LogP contribution in [0.15, 0.2) is 16.9 Å². The monoisotopic (exact) mass is 429 g/mol. The van der Waals surface area contributed by atoms with Crippen LogP contribution in [0.1, 0.15) is 43.5 Å². The number of rotatable bonds is 10. The molecule has 0 radical (unpaired) electrons. The number of aryl methyl sites for hydroxylation is 3. The molecule has 0 fully saturated rings. The second kappa shape index (κ2) is 10.8. The molecule has 0 aliphatic heterocycles. The molecular formula is C24H35N3O4. The second-order valence-corrected chi connectivity index (χ2v) is 7.94. The van der Waals surface area contributed by atoms with Crippen LogP contribution in [-0.4, -0.2) is 50.1 Å². The molecule has 0 amide bonds. The van der Waals surface area contributed by atoms with Gasteiger partial charge >= 0.3 is 0 Å². The number of ether oxygens (including phenoxy) is 3. The molecular weight excluding hydrogens is 394 g/mol. The summed E-state index contributed by atoms with van der Waals surface area (Å²) in [6.45, 7) is 5.36. The van der Waals surface area contributed by atoms with Gasteiger partial charge in [0.05, 0.1) is 37.6 Å². The van der Waals surface area contributed by atoms with Gasteiger partial charge in [0, 0.05) is 20.8 Å². The van der Waals surface area contributed by atoms with E-state index in [-0.39, 0.29) is 11.6 Å². The van der Waals surface area contributed by atoms with Crippen molar-refractivity contribution in [3.05, 3.63) is 39.3 Å². The van der Waals surface area contributed by atoms with Gasteiger partial charge in [-0.05, 0) is 62.3 Å². The fourth-order valence-electron chi connectivity index (χ4n) is 4.34. The Morgan fingerprint density at radius 2 is 1.71 bits per heavy atom.